The number of hydrogen-bond donors (Lipinski definition) is 2. The second-order valence-electron chi connectivity index (χ2n) is 11.5. The molecule has 1 saturated carbocycles. The summed E-state index contributed by atoms with van der Waals surface area (Å²) in [5.41, 5.74) is 6.87. The van der Waals surface area contributed by atoms with Gasteiger partial charge in [0.25, 0.3) is 0 Å². The third-order valence-electron chi connectivity index (χ3n) is 8.00. The Morgan fingerprint density at radius 1 is 1.12 bits per heavy atom. The molecule has 1 aliphatic carbocycles. The fraction of sp³-hybridized carbons (Fsp3) is 0.294. The number of aromatic nitrogens is 2. The molecule has 1 aliphatic heterocycles. The average molecular weight is 577 g/mol. The Labute approximate surface area is 251 Å². The van der Waals surface area contributed by atoms with Crippen molar-refractivity contribution >= 4 is 17.9 Å². The molecule has 3 N–H and O–H groups in total. The number of hydrazone groups is 1. The first-order valence-corrected chi connectivity index (χ1v) is 14.7. The zero-order chi connectivity index (χ0) is 29.9. The highest BCUT2D eigenvalue weighted by Gasteiger charge is 2.46. The molecule has 1 aromatic heterocycles. The van der Waals surface area contributed by atoms with E-state index < -0.39 is 5.97 Å². The molecule has 0 amide bonds. The molecular weight excluding hydrogens is 540 g/mol. The van der Waals surface area contributed by atoms with Gasteiger partial charge < -0.3 is 15.7 Å². The first kappa shape index (κ1) is 28.4. The van der Waals surface area contributed by atoms with Gasteiger partial charge in [0.05, 0.1) is 23.3 Å². The summed E-state index contributed by atoms with van der Waals surface area (Å²) in [4.78, 5) is 19.0. The summed E-state index contributed by atoms with van der Waals surface area (Å²) < 4.78 is 7.71. The number of nitrogens with two attached hydrogens (primary N) is 1. The zero-order valence-corrected chi connectivity index (χ0v) is 24.4. The highest BCUT2D eigenvalue weighted by molar-refractivity contribution is 6.32. The fourth-order valence-electron chi connectivity index (χ4n) is 5.80. The number of aromatic carboxylic acids is 1. The number of benzene rings is 3. The Hall–Kier alpha value is -4.76. The van der Waals surface area contributed by atoms with Crippen LogP contribution in [0.1, 0.15) is 53.4 Å². The molecule has 0 radical (unpaired) electrons. The van der Waals surface area contributed by atoms with E-state index in [1.165, 1.54) is 17.3 Å². The molecule has 9 nitrogen and oxygen atoms in total. The highest BCUT2D eigenvalue weighted by atomic mass is 16.5. The van der Waals surface area contributed by atoms with Crippen molar-refractivity contribution in [1.82, 2.24) is 14.7 Å². The van der Waals surface area contributed by atoms with E-state index in [4.69, 9.17) is 10.6 Å². The molecule has 3 aromatic carbocycles. The molecule has 0 spiro atoms. The standard InChI is InChI=1S/C34H36N6O3/c1-22(2)36-19-31(38-35)28-17-29(28)33-30(34(41)42)18-37-40(33)27-11-6-10-25(16-27)24-9-5-7-23(15-24)20-39-13-14-43-32-12-4-3-8-26(32)21-39/h3-12,15-16,18-19,22,28-29H,13-14,17,20-21,35H2,1-2H3,(H,41,42)/t28-,29?/m0/s1. The van der Waals surface area contributed by atoms with E-state index >= 15 is 0 Å². The monoisotopic (exact) mass is 576 g/mol. The predicted molar refractivity (Wildman–Crippen MR) is 168 cm³/mol. The number of nitrogens with zero attached hydrogens (tertiary/aromatic N) is 5. The van der Waals surface area contributed by atoms with E-state index in [2.05, 4.69) is 68.6 Å². The second kappa shape index (κ2) is 12.2. The van der Waals surface area contributed by atoms with Gasteiger partial charge in [-0.3, -0.25) is 9.89 Å². The van der Waals surface area contributed by atoms with Crippen molar-refractivity contribution < 1.29 is 14.6 Å². The summed E-state index contributed by atoms with van der Waals surface area (Å²) in [5, 5.41) is 18.5. The van der Waals surface area contributed by atoms with Crippen LogP contribution in [0.4, 0.5) is 0 Å². The maximum Gasteiger partial charge on any atom is 0.339 e. The Balaban J connectivity index is 1.26. The molecule has 9 heteroatoms. The van der Waals surface area contributed by atoms with E-state index in [-0.39, 0.29) is 23.4 Å². The summed E-state index contributed by atoms with van der Waals surface area (Å²) in [6.45, 7) is 7.13. The van der Waals surface area contributed by atoms with Crippen LogP contribution in [-0.4, -0.2) is 56.9 Å². The molecule has 0 bridgehead atoms. The maximum atomic E-state index is 12.2. The normalized spacial score (nSPS) is 18.8. The van der Waals surface area contributed by atoms with E-state index in [1.807, 2.05) is 38.1 Å². The third-order valence-corrected chi connectivity index (χ3v) is 8.00. The molecule has 2 heterocycles. The summed E-state index contributed by atoms with van der Waals surface area (Å²) in [6.07, 6.45) is 3.88. The van der Waals surface area contributed by atoms with Crippen LogP contribution in [0.3, 0.4) is 0 Å². The highest BCUT2D eigenvalue weighted by Crippen LogP contribution is 2.49. The van der Waals surface area contributed by atoms with Gasteiger partial charge in [-0.25, -0.2) is 9.48 Å². The van der Waals surface area contributed by atoms with Gasteiger partial charge in [-0.1, -0.05) is 48.5 Å². The third kappa shape index (κ3) is 6.22. The van der Waals surface area contributed by atoms with Crippen LogP contribution >= 0.6 is 0 Å². The predicted octanol–water partition coefficient (Wildman–Crippen LogP) is 5.53. The molecule has 6 rings (SSSR count). The lowest BCUT2D eigenvalue weighted by atomic mass is 10.0. The number of carbonyl (C=O) groups is 1. The Morgan fingerprint density at radius 2 is 1.91 bits per heavy atom. The zero-order valence-electron chi connectivity index (χ0n) is 24.4. The molecule has 2 aliphatic rings. The number of fused-ring (bicyclic) bond motifs is 1. The lowest BCUT2D eigenvalue weighted by molar-refractivity contribution is 0.0695. The Morgan fingerprint density at radius 3 is 2.70 bits per heavy atom. The number of carboxylic acids is 1. The van der Waals surface area contributed by atoms with Gasteiger partial charge in [-0.05, 0) is 61.2 Å². The van der Waals surface area contributed by atoms with Gasteiger partial charge in [0, 0.05) is 49.3 Å². The van der Waals surface area contributed by atoms with Gasteiger partial charge >= 0.3 is 5.97 Å². The molecule has 43 heavy (non-hydrogen) atoms. The Kier molecular flexibility index (Phi) is 8.07. The summed E-state index contributed by atoms with van der Waals surface area (Å²) >= 11 is 0. The number of ether oxygens (including phenoxy) is 1. The molecule has 1 unspecified atom stereocenters. The molecule has 4 aromatic rings. The van der Waals surface area contributed by atoms with Crippen molar-refractivity contribution in [3.8, 4) is 22.6 Å². The quantitative estimate of drug-likeness (QED) is 0.154. The minimum atomic E-state index is -1.00. The van der Waals surface area contributed by atoms with Crippen LogP contribution < -0.4 is 10.6 Å². The van der Waals surface area contributed by atoms with Crippen molar-refractivity contribution in [1.29, 1.82) is 0 Å². The summed E-state index contributed by atoms with van der Waals surface area (Å²) in [5.74, 6) is 5.59. The number of carboxylic acid groups (broad SMARTS) is 1. The van der Waals surface area contributed by atoms with Crippen LogP contribution in [0, 0.1) is 5.92 Å². The number of aliphatic imine (C=N–C) groups is 1. The minimum absolute atomic E-state index is 0.00253. The molecule has 1 fully saturated rings. The average Bonchev–Trinajstić information content (AvgIpc) is 3.70. The van der Waals surface area contributed by atoms with Crippen molar-refractivity contribution in [2.45, 2.75) is 45.3 Å². The Bertz CT molecular complexity index is 1690. The van der Waals surface area contributed by atoms with Crippen LogP contribution in [0.2, 0.25) is 0 Å². The number of hydrogen-bond acceptors (Lipinski definition) is 7. The SMILES string of the molecule is CC(C)N=CC(=NN)[C@H]1CC1c1c(C(=O)O)cnn1-c1cccc(-c2cccc(CN3CCOc4ccccc4C3)c2)c1. The lowest BCUT2D eigenvalue weighted by Gasteiger charge is -2.20. The van der Waals surface area contributed by atoms with Gasteiger partial charge in [0.15, 0.2) is 0 Å². The number of rotatable bonds is 9. The van der Waals surface area contributed by atoms with Crippen molar-refractivity contribution in [2.75, 3.05) is 13.2 Å². The van der Waals surface area contributed by atoms with Crippen molar-refractivity contribution in [2.24, 2.45) is 21.9 Å². The first-order valence-electron chi connectivity index (χ1n) is 14.7. The lowest BCUT2D eigenvalue weighted by Crippen LogP contribution is -2.25. The maximum absolute atomic E-state index is 12.2. The van der Waals surface area contributed by atoms with Crippen molar-refractivity contribution in [3.63, 3.8) is 0 Å². The van der Waals surface area contributed by atoms with E-state index in [0.29, 0.717) is 18.0 Å². The first-order chi connectivity index (χ1) is 20.9. The smallest absolute Gasteiger partial charge is 0.339 e. The van der Waals surface area contributed by atoms with E-state index in [9.17, 15) is 9.90 Å². The van der Waals surface area contributed by atoms with Crippen LogP contribution in [-0.2, 0) is 13.1 Å². The van der Waals surface area contributed by atoms with Crippen molar-refractivity contribution in [3.05, 3.63) is 101 Å². The molecule has 220 valence electrons. The topological polar surface area (TPSA) is 118 Å². The van der Waals surface area contributed by atoms with Crippen LogP contribution in [0.5, 0.6) is 5.75 Å². The van der Waals surface area contributed by atoms with Gasteiger partial charge in [-0.2, -0.15) is 10.2 Å². The van der Waals surface area contributed by atoms with Gasteiger partial charge in [-0.15, -0.1) is 0 Å². The largest absolute Gasteiger partial charge is 0.492 e. The summed E-state index contributed by atoms with van der Waals surface area (Å²) in [7, 11) is 0. The molecular formula is C34H36N6O3. The van der Waals surface area contributed by atoms with E-state index in [1.54, 1.807) is 10.9 Å². The van der Waals surface area contributed by atoms with Crippen LogP contribution in [0.15, 0.2) is 89.1 Å². The minimum Gasteiger partial charge on any atom is -0.492 e. The van der Waals surface area contributed by atoms with Gasteiger partial charge in [0.2, 0.25) is 0 Å². The van der Waals surface area contributed by atoms with Gasteiger partial charge in [0.1, 0.15) is 17.9 Å². The molecule has 0 saturated heterocycles. The molecule has 2 atom stereocenters. The summed E-state index contributed by atoms with van der Waals surface area (Å²) in [6, 6.07) is 25.0. The van der Waals surface area contributed by atoms with E-state index in [0.717, 1.165) is 48.6 Å². The fourth-order valence-corrected chi connectivity index (χ4v) is 5.80. The second-order valence-corrected chi connectivity index (χ2v) is 11.5. The van der Waals surface area contributed by atoms with Crippen LogP contribution in [0.25, 0.3) is 16.8 Å². The number of para-hydroxylation sites is 1.